The molecule has 1 aromatic heterocycles. The first kappa shape index (κ1) is 13.6. The number of nitrogens with one attached hydrogen (secondary N) is 2. The van der Waals surface area contributed by atoms with Crippen molar-refractivity contribution in [3.8, 4) is 0 Å². The third kappa shape index (κ3) is 3.12. The van der Waals surface area contributed by atoms with E-state index in [1.807, 2.05) is 14.0 Å². The molecule has 1 heterocycles. The maximum atomic E-state index is 12.1. The Hall–Kier alpha value is -1.86. The van der Waals surface area contributed by atoms with Crippen molar-refractivity contribution >= 4 is 15.7 Å². The van der Waals surface area contributed by atoms with Crippen LogP contribution in [-0.2, 0) is 10.0 Å². The van der Waals surface area contributed by atoms with E-state index in [0.29, 0.717) is 5.69 Å². The minimum Gasteiger partial charge on any atom is -0.362 e. The molecule has 19 heavy (non-hydrogen) atoms. The summed E-state index contributed by atoms with van der Waals surface area (Å²) in [5.74, 6) is 0. The van der Waals surface area contributed by atoms with E-state index in [1.54, 1.807) is 24.3 Å². The molecule has 7 heteroatoms. The lowest BCUT2D eigenvalue weighted by Gasteiger charge is -2.11. The number of aromatic nitrogens is 1. The van der Waals surface area contributed by atoms with E-state index in [4.69, 9.17) is 0 Å². The molecule has 0 saturated carbocycles. The molecule has 6 nitrogen and oxygen atoms in total. The van der Waals surface area contributed by atoms with Crippen molar-refractivity contribution in [2.24, 2.45) is 0 Å². The second-order valence-corrected chi connectivity index (χ2v) is 5.78. The summed E-state index contributed by atoms with van der Waals surface area (Å²) in [6, 6.07) is 6.87. The lowest BCUT2D eigenvalue weighted by Crippen LogP contribution is -2.14. The Morgan fingerprint density at radius 2 is 1.95 bits per heavy atom. The number of hydrogen-bond acceptors (Lipinski definition) is 5. The van der Waals surface area contributed by atoms with Crippen molar-refractivity contribution in [1.29, 1.82) is 0 Å². The van der Waals surface area contributed by atoms with E-state index >= 15 is 0 Å². The van der Waals surface area contributed by atoms with Gasteiger partial charge in [0, 0.05) is 6.04 Å². The highest BCUT2D eigenvalue weighted by atomic mass is 32.2. The first-order valence-corrected chi connectivity index (χ1v) is 7.20. The number of anilines is 1. The standard InChI is InChI=1S/C12H15N3O3S/c1-9(13-2)10-3-5-12(6-4-10)19(16,17)15-11-7-14-18-8-11/h3-9,13,15H,1-2H3. The van der Waals surface area contributed by atoms with E-state index in [0.717, 1.165) is 5.56 Å². The molecule has 1 unspecified atom stereocenters. The van der Waals surface area contributed by atoms with E-state index in [1.165, 1.54) is 12.5 Å². The molecule has 0 saturated heterocycles. The number of sulfonamides is 1. The van der Waals surface area contributed by atoms with Gasteiger partial charge in [-0.1, -0.05) is 17.3 Å². The molecule has 1 aromatic carbocycles. The molecule has 0 aliphatic heterocycles. The van der Waals surface area contributed by atoms with Crippen LogP contribution in [0.3, 0.4) is 0 Å². The second-order valence-electron chi connectivity index (χ2n) is 4.10. The lowest BCUT2D eigenvalue weighted by atomic mass is 10.1. The monoisotopic (exact) mass is 281 g/mol. The van der Waals surface area contributed by atoms with Crippen LogP contribution in [0.25, 0.3) is 0 Å². The molecule has 0 aliphatic rings. The first-order chi connectivity index (χ1) is 9.03. The maximum Gasteiger partial charge on any atom is 0.262 e. The Balaban J connectivity index is 2.21. The molecular formula is C12H15N3O3S. The second kappa shape index (κ2) is 5.41. The number of benzene rings is 1. The quantitative estimate of drug-likeness (QED) is 0.872. The highest BCUT2D eigenvalue weighted by Gasteiger charge is 2.15. The smallest absolute Gasteiger partial charge is 0.262 e. The fourth-order valence-electron chi connectivity index (χ4n) is 1.57. The van der Waals surface area contributed by atoms with E-state index in [9.17, 15) is 8.42 Å². The normalized spacial score (nSPS) is 13.2. The Morgan fingerprint density at radius 3 is 2.47 bits per heavy atom. The van der Waals surface area contributed by atoms with Gasteiger partial charge in [-0.15, -0.1) is 0 Å². The summed E-state index contributed by atoms with van der Waals surface area (Å²) < 4.78 is 31.1. The maximum absolute atomic E-state index is 12.1. The Morgan fingerprint density at radius 1 is 1.26 bits per heavy atom. The molecule has 1 atom stereocenters. The Bertz CT molecular complexity index is 621. The van der Waals surface area contributed by atoms with Gasteiger partial charge in [-0.2, -0.15) is 0 Å². The highest BCUT2D eigenvalue weighted by molar-refractivity contribution is 7.92. The van der Waals surface area contributed by atoms with Crippen LogP contribution in [-0.4, -0.2) is 20.6 Å². The fraction of sp³-hybridized carbons (Fsp3) is 0.250. The predicted molar refractivity (Wildman–Crippen MR) is 71.2 cm³/mol. The highest BCUT2D eigenvalue weighted by Crippen LogP contribution is 2.18. The minimum atomic E-state index is -3.60. The van der Waals surface area contributed by atoms with Gasteiger partial charge in [0.2, 0.25) is 0 Å². The van der Waals surface area contributed by atoms with Gasteiger partial charge in [0.05, 0.1) is 11.1 Å². The molecule has 0 bridgehead atoms. The minimum absolute atomic E-state index is 0.169. The number of nitrogens with zero attached hydrogens (tertiary/aromatic N) is 1. The van der Waals surface area contributed by atoms with Crippen molar-refractivity contribution < 1.29 is 12.9 Å². The van der Waals surface area contributed by atoms with Gasteiger partial charge in [-0.05, 0) is 31.7 Å². The van der Waals surface area contributed by atoms with Gasteiger partial charge >= 0.3 is 0 Å². The third-order valence-corrected chi connectivity index (χ3v) is 4.21. The van der Waals surface area contributed by atoms with Crippen LogP contribution in [0.5, 0.6) is 0 Å². The number of rotatable bonds is 5. The summed E-state index contributed by atoms with van der Waals surface area (Å²) >= 11 is 0. The van der Waals surface area contributed by atoms with E-state index in [-0.39, 0.29) is 10.9 Å². The molecule has 0 spiro atoms. The van der Waals surface area contributed by atoms with Gasteiger partial charge in [-0.3, -0.25) is 4.72 Å². The van der Waals surface area contributed by atoms with Crippen LogP contribution in [0.15, 0.2) is 46.1 Å². The molecule has 102 valence electrons. The molecule has 0 radical (unpaired) electrons. The van der Waals surface area contributed by atoms with Crippen molar-refractivity contribution in [3.05, 3.63) is 42.3 Å². The third-order valence-electron chi connectivity index (χ3n) is 2.81. The first-order valence-electron chi connectivity index (χ1n) is 5.72. The summed E-state index contributed by atoms with van der Waals surface area (Å²) in [7, 11) is -1.75. The summed E-state index contributed by atoms with van der Waals surface area (Å²) in [5, 5.41) is 6.53. The van der Waals surface area contributed by atoms with Crippen LogP contribution in [0.2, 0.25) is 0 Å². The number of hydrogen-bond donors (Lipinski definition) is 2. The van der Waals surface area contributed by atoms with E-state index in [2.05, 4.69) is 19.7 Å². The van der Waals surface area contributed by atoms with Crippen molar-refractivity contribution in [2.75, 3.05) is 11.8 Å². The molecule has 0 aliphatic carbocycles. The Labute approximate surface area is 111 Å². The Kier molecular flexibility index (Phi) is 3.87. The average molecular weight is 281 g/mol. The van der Waals surface area contributed by atoms with Crippen LogP contribution in [0.4, 0.5) is 5.69 Å². The summed E-state index contributed by atoms with van der Waals surface area (Å²) in [4.78, 5) is 0.195. The molecule has 2 N–H and O–H groups in total. The van der Waals surface area contributed by atoms with Gasteiger partial charge < -0.3 is 9.84 Å². The van der Waals surface area contributed by atoms with Crippen LogP contribution >= 0.6 is 0 Å². The molecule has 2 aromatic rings. The summed E-state index contributed by atoms with van der Waals surface area (Å²) in [5.41, 5.74) is 1.32. The van der Waals surface area contributed by atoms with Crippen LogP contribution in [0, 0.1) is 0 Å². The van der Waals surface area contributed by atoms with Gasteiger partial charge in [0.25, 0.3) is 10.0 Å². The molecule has 2 rings (SSSR count). The van der Waals surface area contributed by atoms with Gasteiger partial charge in [0.1, 0.15) is 12.0 Å². The van der Waals surface area contributed by atoms with Crippen molar-refractivity contribution in [3.63, 3.8) is 0 Å². The van der Waals surface area contributed by atoms with Crippen LogP contribution < -0.4 is 10.0 Å². The van der Waals surface area contributed by atoms with Crippen molar-refractivity contribution in [1.82, 2.24) is 10.5 Å². The topological polar surface area (TPSA) is 84.2 Å². The zero-order valence-corrected chi connectivity index (χ0v) is 11.4. The van der Waals surface area contributed by atoms with Gasteiger partial charge in [-0.25, -0.2) is 8.42 Å². The van der Waals surface area contributed by atoms with Crippen molar-refractivity contribution in [2.45, 2.75) is 17.9 Å². The fourth-order valence-corrected chi connectivity index (χ4v) is 2.60. The SMILES string of the molecule is CNC(C)c1ccc(S(=O)(=O)Nc2cnoc2)cc1. The molecular weight excluding hydrogens is 266 g/mol. The zero-order chi connectivity index (χ0) is 13.9. The zero-order valence-electron chi connectivity index (χ0n) is 10.6. The predicted octanol–water partition coefficient (Wildman–Crippen LogP) is 1.76. The van der Waals surface area contributed by atoms with Gasteiger partial charge in [0.15, 0.2) is 0 Å². The molecule has 0 amide bonds. The molecule has 0 fully saturated rings. The summed E-state index contributed by atoms with van der Waals surface area (Å²) in [6.07, 6.45) is 2.53. The van der Waals surface area contributed by atoms with E-state index < -0.39 is 10.0 Å². The average Bonchev–Trinajstić information content (AvgIpc) is 2.90. The largest absolute Gasteiger partial charge is 0.362 e. The lowest BCUT2D eigenvalue weighted by molar-refractivity contribution is 0.420. The van der Waals surface area contributed by atoms with Crippen LogP contribution in [0.1, 0.15) is 18.5 Å². The summed E-state index contributed by atoms with van der Waals surface area (Å²) in [6.45, 7) is 2.00.